The zero-order valence-electron chi connectivity index (χ0n) is 41.5. The van der Waals surface area contributed by atoms with E-state index in [0.29, 0.717) is 63.4 Å². The molecule has 84 heavy (non-hydrogen) atoms. The van der Waals surface area contributed by atoms with Gasteiger partial charge in [-0.15, -0.1) is 0 Å². The second kappa shape index (κ2) is 20.6. The number of hydrogen-bond acceptors (Lipinski definition) is 14. The summed E-state index contributed by atoms with van der Waals surface area (Å²) in [6, 6.07) is 29.5. The minimum atomic E-state index is -4.60. The molecule has 28 heteroatoms. The number of H-pyrrole nitrogens is 2. The average Bonchev–Trinajstić information content (AvgIpc) is 3.85. The van der Waals surface area contributed by atoms with Crippen molar-refractivity contribution in [1.29, 1.82) is 0 Å². The maximum Gasteiger partial charge on any atom is 0.417 e. The van der Waals surface area contributed by atoms with Gasteiger partial charge in [0, 0.05) is 88.2 Å². The van der Waals surface area contributed by atoms with Gasteiger partial charge >= 0.3 is 24.7 Å². The minimum Gasteiger partial charge on any atom is -0.324 e. The second-order valence-electron chi connectivity index (χ2n) is 18.4. The number of halogens is 12. The van der Waals surface area contributed by atoms with E-state index < -0.39 is 47.0 Å². The van der Waals surface area contributed by atoms with E-state index in [1.807, 2.05) is 0 Å². The molecule has 0 unspecified atom stereocenters. The summed E-state index contributed by atoms with van der Waals surface area (Å²) < 4.78 is 162. The van der Waals surface area contributed by atoms with Gasteiger partial charge in [-0.1, -0.05) is 47.0 Å². The lowest BCUT2D eigenvalue weighted by molar-refractivity contribution is -0.138. The van der Waals surface area contributed by atoms with Crippen LogP contribution in [0.1, 0.15) is 22.3 Å². The molecule has 11 aromatic rings. The molecular weight excluding hydrogens is 1200 g/mol. The zero-order valence-corrected chi connectivity index (χ0v) is 44.8. The van der Waals surface area contributed by atoms with Crippen LogP contribution in [0, 0.1) is 0 Å². The Morgan fingerprint density at radius 1 is 0.274 bits per heavy atom. The molecule has 0 atom stereocenters. The molecule has 2 N–H and O–H groups in total. The van der Waals surface area contributed by atoms with Crippen molar-refractivity contribution in [3.8, 4) is 45.6 Å². The van der Waals surface area contributed by atoms with Crippen LogP contribution >= 0.6 is 47.0 Å². The second-order valence-corrected chi connectivity index (χ2v) is 22.8. The molecule has 418 valence electrons. The van der Waals surface area contributed by atoms with E-state index in [2.05, 4.69) is 29.9 Å². The number of nitrogens with zero attached hydrogens (tertiary/aromatic N) is 10. The van der Waals surface area contributed by atoms with E-state index in [0.717, 1.165) is 96.1 Å². The van der Waals surface area contributed by atoms with Gasteiger partial charge in [0.1, 0.15) is 42.7 Å². The molecule has 9 heterocycles. The van der Waals surface area contributed by atoms with Crippen molar-refractivity contribution in [2.75, 3.05) is 0 Å². The van der Waals surface area contributed by atoms with Gasteiger partial charge in [0.05, 0.1) is 22.3 Å². The third-order valence-corrected chi connectivity index (χ3v) is 16.6. The number of hydrogen-bond donors (Lipinski definition) is 2. The molecule has 2 aliphatic heterocycles. The first-order chi connectivity index (χ1) is 40.0. The Labute approximate surface area is 479 Å². The summed E-state index contributed by atoms with van der Waals surface area (Å²) in [5.41, 5.74) is -0.891. The van der Waals surface area contributed by atoms with E-state index in [-0.39, 0.29) is 66.0 Å². The average molecular weight is 1220 g/mol. The molecule has 0 spiro atoms. The van der Waals surface area contributed by atoms with Crippen LogP contribution in [0.2, 0.25) is 0 Å². The van der Waals surface area contributed by atoms with Crippen LogP contribution in [0.3, 0.4) is 0 Å². The van der Waals surface area contributed by atoms with Crippen LogP contribution in [0.4, 0.5) is 52.7 Å². The molecule has 0 radical (unpaired) electrons. The smallest absolute Gasteiger partial charge is 0.324 e. The van der Waals surface area contributed by atoms with E-state index in [4.69, 9.17) is 29.9 Å². The number of aromatic amines is 2. The van der Waals surface area contributed by atoms with Crippen LogP contribution in [-0.2, 0) is 24.7 Å². The van der Waals surface area contributed by atoms with Gasteiger partial charge < -0.3 is 9.97 Å². The fourth-order valence-electron chi connectivity index (χ4n) is 8.88. The van der Waals surface area contributed by atoms with E-state index >= 15 is 0 Å². The van der Waals surface area contributed by atoms with Crippen molar-refractivity contribution < 1.29 is 52.7 Å². The number of benzene rings is 4. The van der Waals surface area contributed by atoms with Crippen molar-refractivity contribution in [1.82, 2.24) is 59.8 Å². The minimum absolute atomic E-state index is 0.137. The standard InChI is InChI=1S/C56H26F12N12S4/c57-53(58,59)25-1-13-41(69-21-25)81-29-5-9-33-37(17-29)49-73-45(33)78-50-39-19-31(83-43-15-3-27(23-71-43)55(63,64)65)7-11-35(39)47(75-50)80-52-40-20-32(84-44-16-4-28(24-72-44)56(66,67)68)8-12-36(40)48(76-52)79-51-38-18-30(6-10-34(38)46(74-51)77-49)82-42-14-2-26(22-70-42)54(60,61)62/h1-24H,(H2,73,74,75,76,77,78,79,80). The highest BCUT2D eigenvalue weighted by Gasteiger charge is 2.34. The molecular formula is C56H26F12N12S4. The molecule has 7 aromatic heterocycles. The summed E-state index contributed by atoms with van der Waals surface area (Å²) in [6.07, 6.45) is -15.5. The van der Waals surface area contributed by atoms with Gasteiger partial charge in [0.15, 0.2) is 23.3 Å². The Morgan fingerprint density at radius 2 is 0.548 bits per heavy atom. The fourth-order valence-corrected chi connectivity index (χ4v) is 12.1. The van der Waals surface area contributed by atoms with E-state index in [1.54, 1.807) is 72.8 Å². The summed E-state index contributed by atoms with van der Waals surface area (Å²) in [5, 5.41) is 3.02. The van der Waals surface area contributed by atoms with Gasteiger partial charge in [-0.3, -0.25) is 0 Å². The molecule has 0 aliphatic carbocycles. The quantitative estimate of drug-likeness (QED) is 0.138. The number of alkyl halides is 12. The Hall–Kier alpha value is -8.60. The molecule has 0 amide bonds. The molecule has 12 nitrogen and oxygen atoms in total. The molecule has 0 saturated heterocycles. The summed E-state index contributed by atoms with van der Waals surface area (Å²) in [6.45, 7) is 0. The third kappa shape index (κ3) is 11.0. The third-order valence-electron chi connectivity index (χ3n) is 12.9. The first-order valence-corrected chi connectivity index (χ1v) is 27.5. The largest absolute Gasteiger partial charge is 0.417 e. The Balaban J connectivity index is 1.02. The van der Waals surface area contributed by atoms with Crippen LogP contribution in [0.5, 0.6) is 0 Å². The number of fused-ring (bicyclic) bond motifs is 20. The predicted octanol–water partition coefficient (Wildman–Crippen LogP) is 17.1. The lowest BCUT2D eigenvalue weighted by Gasteiger charge is -2.07. The first-order valence-electron chi connectivity index (χ1n) is 24.3. The van der Waals surface area contributed by atoms with Crippen molar-refractivity contribution in [2.24, 2.45) is 0 Å². The molecule has 0 fully saturated rings. The SMILES string of the molecule is FC(F)(F)c1ccc(Sc2ccc3c(c2)-c2nc-3nc3[nH]c(nc4nc(nc5[nH]c(n2)c2ccc(Sc6ccc(C(F)(F)F)cn6)cc52)-c2ccc(Sc5ccc(C(F)(F)F)cn5)cc2-4)c2ccc(Sc4ccc(C(F)(F)F)cn4)cc32)nc1. The normalized spacial score (nSPS) is 12.7. The van der Waals surface area contributed by atoms with Gasteiger partial charge in [0.25, 0.3) is 0 Å². The van der Waals surface area contributed by atoms with Gasteiger partial charge in [0.2, 0.25) is 0 Å². The van der Waals surface area contributed by atoms with Crippen LogP contribution in [0.25, 0.3) is 89.7 Å². The van der Waals surface area contributed by atoms with E-state index in [9.17, 15) is 52.7 Å². The highest BCUT2D eigenvalue weighted by Crippen LogP contribution is 2.44. The zero-order chi connectivity index (χ0) is 58.5. The monoisotopic (exact) mass is 1220 g/mol. The van der Waals surface area contributed by atoms with Crippen LogP contribution in [0.15, 0.2) is 186 Å². The topological polar surface area (TPSA) is 160 Å². The van der Waals surface area contributed by atoms with Crippen molar-refractivity contribution >= 4 is 91.2 Å². The summed E-state index contributed by atoms with van der Waals surface area (Å²) in [7, 11) is 0. The highest BCUT2D eigenvalue weighted by molar-refractivity contribution is 8.00. The van der Waals surface area contributed by atoms with Gasteiger partial charge in [-0.25, -0.2) is 49.8 Å². The predicted molar refractivity (Wildman–Crippen MR) is 290 cm³/mol. The lowest BCUT2D eigenvalue weighted by atomic mass is 10.1. The van der Waals surface area contributed by atoms with Gasteiger partial charge in [-0.05, 0) is 121 Å². The molecule has 13 rings (SSSR count). The summed E-state index contributed by atoms with van der Waals surface area (Å²) in [5.74, 6) is 0.577. The molecule has 0 saturated carbocycles. The maximum absolute atomic E-state index is 13.5. The number of rotatable bonds is 8. The van der Waals surface area contributed by atoms with E-state index in [1.165, 1.54) is 24.3 Å². The van der Waals surface area contributed by atoms with Gasteiger partial charge in [-0.2, -0.15) is 52.7 Å². The summed E-state index contributed by atoms with van der Waals surface area (Å²) >= 11 is 4.35. The van der Waals surface area contributed by atoms with Crippen LogP contribution in [-0.4, -0.2) is 59.8 Å². The maximum atomic E-state index is 13.5. The highest BCUT2D eigenvalue weighted by atomic mass is 32.2. The first kappa shape index (κ1) is 54.6. The lowest BCUT2D eigenvalue weighted by Crippen LogP contribution is -2.04. The van der Waals surface area contributed by atoms with Crippen LogP contribution < -0.4 is 0 Å². The number of nitrogens with one attached hydrogen (secondary N) is 2. The van der Waals surface area contributed by atoms with Crippen molar-refractivity contribution in [3.63, 3.8) is 0 Å². The van der Waals surface area contributed by atoms with Crippen molar-refractivity contribution in [3.05, 3.63) is 168 Å². The Kier molecular flexibility index (Phi) is 13.4. The summed E-state index contributed by atoms with van der Waals surface area (Å²) in [4.78, 5) is 55.2. The number of pyridine rings is 4. The Morgan fingerprint density at radius 3 is 0.833 bits per heavy atom. The van der Waals surface area contributed by atoms with Crippen molar-refractivity contribution in [2.45, 2.75) is 64.4 Å². The molecule has 2 aliphatic rings. The molecule has 4 aromatic carbocycles. The fraction of sp³-hybridized carbons (Fsp3) is 0.0714. The number of aromatic nitrogens is 12. The molecule has 8 bridgehead atoms. The Bertz CT molecular complexity index is 4320.